The first-order valence-electron chi connectivity index (χ1n) is 12.5. The van der Waals surface area contributed by atoms with Crippen LogP contribution in [0.25, 0.3) is 11.8 Å². The first-order valence-corrected chi connectivity index (χ1v) is 12.5. The lowest BCUT2D eigenvalue weighted by molar-refractivity contribution is -0.385. The van der Waals surface area contributed by atoms with E-state index in [1.165, 1.54) is 17.8 Å². The summed E-state index contributed by atoms with van der Waals surface area (Å²) in [5.41, 5.74) is 3.58. The molecule has 0 amide bonds. The van der Waals surface area contributed by atoms with Crippen molar-refractivity contribution in [3.63, 3.8) is 0 Å². The number of fused-ring (bicyclic) bond motifs is 5. The van der Waals surface area contributed by atoms with Crippen LogP contribution in [0.1, 0.15) is 17.5 Å². The maximum absolute atomic E-state index is 11.6. The number of benzene rings is 3. The largest absolute Gasteiger partial charge is 0.371 e. The fourth-order valence-electron chi connectivity index (χ4n) is 6.30. The van der Waals surface area contributed by atoms with Crippen molar-refractivity contribution >= 4 is 28.8 Å². The van der Waals surface area contributed by atoms with Gasteiger partial charge < -0.3 is 9.80 Å². The van der Waals surface area contributed by atoms with E-state index in [-0.39, 0.29) is 28.4 Å². The summed E-state index contributed by atoms with van der Waals surface area (Å²) in [5.74, 6) is 0.851. The van der Waals surface area contributed by atoms with Crippen molar-refractivity contribution in [2.75, 3.05) is 18.0 Å². The number of para-hydroxylation sites is 1. The molecule has 37 heavy (non-hydrogen) atoms. The highest BCUT2D eigenvalue weighted by molar-refractivity contribution is 5.82. The quantitative estimate of drug-likeness (QED) is 0.187. The third kappa shape index (κ3) is 4.14. The lowest BCUT2D eigenvalue weighted by Gasteiger charge is -2.39. The minimum absolute atomic E-state index is 0.0176. The Morgan fingerprint density at radius 2 is 1.54 bits per heavy atom. The summed E-state index contributed by atoms with van der Waals surface area (Å²) in [6.07, 6.45) is 7.37. The van der Waals surface area contributed by atoms with Gasteiger partial charge in [-0.3, -0.25) is 20.2 Å². The van der Waals surface area contributed by atoms with Crippen LogP contribution in [0.3, 0.4) is 0 Å². The molecule has 2 saturated heterocycles. The lowest BCUT2D eigenvalue weighted by Crippen LogP contribution is -2.41. The van der Waals surface area contributed by atoms with E-state index >= 15 is 0 Å². The van der Waals surface area contributed by atoms with Crippen molar-refractivity contribution in [1.82, 2.24) is 4.90 Å². The summed E-state index contributed by atoms with van der Waals surface area (Å²) in [5, 5.41) is 23.0. The molecule has 2 fully saturated rings. The van der Waals surface area contributed by atoms with Gasteiger partial charge in [-0.15, -0.1) is 0 Å². The number of nitro benzene ring substituents is 2. The van der Waals surface area contributed by atoms with Gasteiger partial charge in [-0.1, -0.05) is 54.6 Å². The molecule has 0 aromatic heterocycles. The molecule has 186 valence electrons. The van der Waals surface area contributed by atoms with Crippen LogP contribution in [-0.4, -0.2) is 39.9 Å². The Morgan fingerprint density at radius 3 is 2.30 bits per heavy atom. The molecule has 3 aliphatic heterocycles. The van der Waals surface area contributed by atoms with Crippen LogP contribution in [0.15, 0.2) is 91.0 Å². The molecule has 0 radical (unpaired) electrons. The highest BCUT2D eigenvalue weighted by atomic mass is 16.6. The fourth-order valence-corrected chi connectivity index (χ4v) is 6.30. The van der Waals surface area contributed by atoms with E-state index < -0.39 is 4.92 Å². The third-order valence-electron chi connectivity index (χ3n) is 7.87. The minimum Gasteiger partial charge on any atom is -0.371 e. The first kappa shape index (κ1) is 23.0. The van der Waals surface area contributed by atoms with E-state index in [4.69, 9.17) is 0 Å². The predicted octanol–water partition coefficient (Wildman–Crippen LogP) is 5.77. The van der Waals surface area contributed by atoms with Crippen LogP contribution in [0, 0.1) is 32.1 Å². The summed E-state index contributed by atoms with van der Waals surface area (Å²) < 4.78 is 0. The van der Waals surface area contributed by atoms with E-state index in [0.29, 0.717) is 17.4 Å². The Morgan fingerprint density at radius 1 is 0.838 bits per heavy atom. The predicted molar refractivity (Wildman–Crippen MR) is 143 cm³/mol. The maximum Gasteiger partial charge on any atom is 0.270 e. The lowest BCUT2D eigenvalue weighted by atomic mass is 9.91. The Labute approximate surface area is 214 Å². The molecule has 0 aliphatic carbocycles. The zero-order valence-corrected chi connectivity index (χ0v) is 20.1. The summed E-state index contributed by atoms with van der Waals surface area (Å²) in [7, 11) is 0. The number of anilines is 1. The third-order valence-corrected chi connectivity index (χ3v) is 7.87. The van der Waals surface area contributed by atoms with Gasteiger partial charge in [0.1, 0.15) is 0 Å². The number of nitro groups is 2. The average molecular weight is 495 g/mol. The van der Waals surface area contributed by atoms with Crippen LogP contribution in [0.5, 0.6) is 0 Å². The molecule has 4 unspecified atom stereocenters. The maximum atomic E-state index is 11.6. The average Bonchev–Trinajstić information content (AvgIpc) is 3.43. The number of rotatable bonds is 6. The Balaban J connectivity index is 1.42. The number of hydrogen-bond acceptors (Lipinski definition) is 6. The van der Waals surface area contributed by atoms with Gasteiger partial charge in [0, 0.05) is 72.2 Å². The molecular weight excluding hydrogens is 468 g/mol. The van der Waals surface area contributed by atoms with Gasteiger partial charge in [-0.2, -0.15) is 0 Å². The van der Waals surface area contributed by atoms with Gasteiger partial charge in [0.25, 0.3) is 11.4 Å². The van der Waals surface area contributed by atoms with E-state index in [1.807, 2.05) is 24.3 Å². The van der Waals surface area contributed by atoms with Crippen molar-refractivity contribution in [2.45, 2.75) is 18.5 Å². The first-order chi connectivity index (χ1) is 18.0. The van der Waals surface area contributed by atoms with Gasteiger partial charge in [0.05, 0.1) is 15.9 Å². The summed E-state index contributed by atoms with van der Waals surface area (Å²) >= 11 is 0. The number of non-ortho nitro benzene ring substituents is 2. The molecule has 3 aromatic rings. The molecule has 6 rings (SSSR count). The Kier molecular flexibility index (Phi) is 5.71. The molecule has 0 saturated carbocycles. The fraction of sp³-hybridized carbons (Fsp3) is 0.241. The zero-order valence-electron chi connectivity index (χ0n) is 20.1. The van der Waals surface area contributed by atoms with Crippen molar-refractivity contribution in [3.8, 4) is 0 Å². The summed E-state index contributed by atoms with van der Waals surface area (Å²) in [6, 6.07) is 24.1. The standard InChI is InChI=1S/C29H26N4O4/c34-32(35)23-11-4-7-20(15-23)16-29(21-8-5-12-24(17-21)33(36)37)31-27-13-6-14-28(31)26-19-30(18-25(26)27)22-9-2-1-3-10-22/h1-13,15-17,25-28H,14,18-19H2/b29-16-. The van der Waals surface area contributed by atoms with Crippen LogP contribution in [0.2, 0.25) is 0 Å². The molecule has 8 heteroatoms. The van der Waals surface area contributed by atoms with Crippen molar-refractivity contribution in [3.05, 3.63) is 122 Å². The molecular formula is C29H26N4O4. The Hall–Kier alpha value is -4.46. The van der Waals surface area contributed by atoms with E-state index in [2.05, 4.69) is 46.2 Å². The van der Waals surface area contributed by atoms with Gasteiger partial charge in [0.2, 0.25) is 0 Å². The highest BCUT2D eigenvalue weighted by Gasteiger charge is 2.53. The molecule has 0 N–H and O–H groups in total. The number of hydrogen-bond donors (Lipinski definition) is 0. The second kappa shape index (κ2) is 9.20. The van der Waals surface area contributed by atoms with Crippen molar-refractivity contribution in [1.29, 1.82) is 0 Å². The van der Waals surface area contributed by atoms with Gasteiger partial charge >= 0.3 is 0 Å². The van der Waals surface area contributed by atoms with Gasteiger partial charge in [-0.05, 0) is 30.2 Å². The highest BCUT2D eigenvalue weighted by Crippen LogP contribution is 2.49. The monoisotopic (exact) mass is 494 g/mol. The summed E-state index contributed by atoms with van der Waals surface area (Å²) in [6.45, 7) is 1.89. The van der Waals surface area contributed by atoms with Crippen molar-refractivity contribution in [2.24, 2.45) is 11.8 Å². The van der Waals surface area contributed by atoms with Gasteiger partial charge in [0.15, 0.2) is 0 Å². The molecule has 2 bridgehead atoms. The molecule has 4 atom stereocenters. The SMILES string of the molecule is O=[N+]([O-])c1cccc(/C=C(/c2cccc([N+](=O)[O-])c2)N2C3C=CCC2C2CN(c4ccccc4)CC23)c1. The van der Waals surface area contributed by atoms with E-state index in [0.717, 1.165) is 30.8 Å². The molecule has 0 spiro atoms. The topological polar surface area (TPSA) is 92.8 Å². The molecule has 3 heterocycles. The molecule has 3 aromatic carbocycles. The van der Waals surface area contributed by atoms with Crippen molar-refractivity contribution < 1.29 is 9.85 Å². The van der Waals surface area contributed by atoms with Crippen LogP contribution >= 0.6 is 0 Å². The minimum atomic E-state index is -0.403. The number of nitrogens with zero attached hydrogens (tertiary/aromatic N) is 4. The second-order valence-corrected chi connectivity index (χ2v) is 9.89. The van der Waals surface area contributed by atoms with E-state index in [9.17, 15) is 20.2 Å². The summed E-state index contributed by atoms with van der Waals surface area (Å²) in [4.78, 5) is 27.1. The second-order valence-electron chi connectivity index (χ2n) is 9.89. The normalized spacial score (nSPS) is 24.3. The van der Waals surface area contributed by atoms with Crippen LogP contribution in [0.4, 0.5) is 17.1 Å². The van der Waals surface area contributed by atoms with E-state index in [1.54, 1.807) is 24.3 Å². The molecule has 3 aliphatic rings. The zero-order chi connectivity index (χ0) is 25.5. The van der Waals surface area contributed by atoms with Gasteiger partial charge in [-0.25, -0.2) is 0 Å². The van der Waals surface area contributed by atoms with Crippen LogP contribution < -0.4 is 4.90 Å². The Bertz CT molecular complexity index is 1420. The smallest absolute Gasteiger partial charge is 0.270 e. The molecule has 8 nitrogen and oxygen atoms in total. The van der Waals surface area contributed by atoms with Crippen LogP contribution in [-0.2, 0) is 0 Å².